The normalized spacial score (nSPS) is 10.8. The van der Waals surface area contributed by atoms with Gasteiger partial charge in [0.2, 0.25) is 0 Å². The van der Waals surface area contributed by atoms with Gasteiger partial charge in [0.05, 0.1) is 20.6 Å². The third-order valence-electron chi connectivity index (χ3n) is 7.63. The lowest BCUT2D eigenvalue weighted by Gasteiger charge is -2.30. The highest BCUT2D eigenvalue weighted by Gasteiger charge is 2.14. The molecule has 0 spiro atoms. The van der Waals surface area contributed by atoms with E-state index in [-0.39, 0.29) is 34.0 Å². The van der Waals surface area contributed by atoms with Crippen LogP contribution < -0.4 is 22.7 Å². The molecule has 1 rings (SSSR count). The van der Waals surface area contributed by atoms with Crippen molar-refractivity contribution in [1.82, 2.24) is 0 Å². The van der Waals surface area contributed by atoms with Gasteiger partial charge in [-0.2, -0.15) is 0 Å². The molecule has 0 aromatic heterocycles. The zero-order chi connectivity index (χ0) is 27.3. The maximum absolute atomic E-state index is 5.39. The molecule has 0 aliphatic carbocycles. The third kappa shape index (κ3) is 34.2. The fraction of sp³-hybridized carbons (Fsp3) is 0.829. The molecule has 0 bridgehead atoms. The van der Waals surface area contributed by atoms with Crippen LogP contribution in [-0.2, 0) is 6.54 Å². The van der Waals surface area contributed by atoms with Gasteiger partial charge in [-0.3, -0.25) is 0 Å². The highest BCUT2D eigenvalue weighted by molar-refractivity contribution is 8.93. The lowest BCUT2D eigenvalue weighted by molar-refractivity contribution is -0.903. The Morgan fingerprint density at radius 2 is 0.846 bits per heavy atom. The molecule has 0 saturated heterocycles. The fourth-order valence-corrected chi connectivity index (χ4v) is 5.17. The number of unbranched alkanes of at least 4 members (excludes halogenated alkanes) is 20. The van der Waals surface area contributed by atoms with Gasteiger partial charge in [0.25, 0.3) is 0 Å². The van der Waals surface area contributed by atoms with Crippen LogP contribution >= 0.6 is 17.0 Å². The minimum Gasteiger partial charge on any atom is -1.00 e. The molecule has 39 heavy (non-hydrogen) atoms. The summed E-state index contributed by atoms with van der Waals surface area (Å²) in [5, 5.41) is 0. The van der Waals surface area contributed by atoms with Crippen LogP contribution in [0.15, 0.2) is 30.3 Å². The molecule has 4 heteroatoms. The Labute approximate surface area is 267 Å². The van der Waals surface area contributed by atoms with E-state index in [1.54, 1.807) is 0 Å². The summed E-state index contributed by atoms with van der Waals surface area (Å²) in [6.07, 6.45) is 31.2. The average Bonchev–Trinajstić information content (AvgIpc) is 2.89. The zero-order valence-corrected chi connectivity index (χ0v) is 30.2. The second-order valence-corrected chi connectivity index (χ2v) is 12.2. The summed E-state index contributed by atoms with van der Waals surface area (Å²) in [7, 11) is 4.74. The molecule has 2 nitrogen and oxygen atoms in total. The molecule has 2 N–H and O–H groups in total. The largest absolute Gasteiger partial charge is 1.00 e. The Bertz CT molecular complexity index is 543. The van der Waals surface area contributed by atoms with Gasteiger partial charge in [0.1, 0.15) is 6.54 Å². The van der Waals surface area contributed by atoms with Gasteiger partial charge in [-0.25, -0.2) is 0 Å². The van der Waals surface area contributed by atoms with E-state index in [0.717, 1.165) is 17.6 Å². The molecule has 0 aliphatic heterocycles. The number of nitrogens with zero attached hydrogens (tertiary/aromatic N) is 1. The molecule has 0 amide bonds. The number of hydrogen-bond acceptors (Lipinski definition) is 1. The van der Waals surface area contributed by atoms with Crippen molar-refractivity contribution in [3.63, 3.8) is 0 Å². The Balaban J connectivity index is -0.000000849. The second kappa shape index (κ2) is 34.3. The summed E-state index contributed by atoms with van der Waals surface area (Å²) >= 11 is 0. The van der Waals surface area contributed by atoms with E-state index in [1.807, 2.05) is 0 Å². The van der Waals surface area contributed by atoms with Crippen LogP contribution in [0.1, 0.15) is 161 Å². The summed E-state index contributed by atoms with van der Waals surface area (Å²) < 4.78 is 1.11. The Hall–Kier alpha value is 0.100. The molecule has 0 saturated carbocycles. The van der Waals surface area contributed by atoms with Gasteiger partial charge >= 0.3 is 0 Å². The first-order chi connectivity index (χ1) is 18.1. The summed E-state index contributed by atoms with van der Waals surface area (Å²) in [5.74, 6) is 0. The predicted molar refractivity (Wildman–Crippen MR) is 179 cm³/mol. The first kappa shape index (κ1) is 43.6. The third-order valence-corrected chi connectivity index (χ3v) is 7.63. The van der Waals surface area contributed by atoms with Crippen LogP contribution in [0.3, 0.4) is 0 Å². The standard InChI is InChI=1S/C25H46N.C10H23N.2BrH/c1-4-5-6-7-8-9-10-11-12-13-14-15-16-20-23-26(2,3)24-25-21-18-17-19-22-25;1-2-3-4-5-6-7-8-9-10-11;;/h17-19,21-22H,4-16,20,23-24H2,1-3H3;2-11H2,1H3;2*1H/q+1;;;/p-1. The monoisotopic (exact) mass is 676 g/mol. The van der Waals surface area contributed by atoms with E-state index in [2.05, 4.69) is 58.3 Å². The molecule has 1 aromatic carbocycles. The highest BCUT2D eigenvalue weighted by Crippen LogP contribution is 2.15. The molecule has 234 valence electrons. The number of rotatable bonds is 25. The number of nitrogens with two attached hydrogens (primary N) is 1. The lowest BCUT2D eigenvalue weighted by Crippen LogP contribution is -3.00. The zero-order valence-electron chi connectivity index (χ0n) is 26.9. The SMILES string of the molecule is Br.CCCCCCCCCCCCCCCC[N+](C)(C)Cc1ccccc1.CCCCCCCCCCN.[Br-]. The quantitative estimate of drug-likeness (QED) is 0.0816. The van der Waals surface area contributed by atoms with Crippen molar-refractivity contribution in [3.05, 3.63) is 35.9 Å². The topological polar surface area (TPSA) is 26.0 Å². The molecular weight excluding hydrogens is 608 g/mol. The first-order valence-corrected chi connectivity index (χ1v) is 16.6. The minimum atomic E-state index is 0. The molecule has 0 radical (unpaired) electrons. The van der Waals surface area contributed by atoms with Gasteiger partial charge < -0.3 is 27.2 Å². The minimum absolute atomic E-state index is 0. The van der Waals surface area contributed by atoms with Crippen LogP contribution in [0.5, 0.6) is 0 Å². The smallest absolute Gasteiger partial charge is 0.104 e. The average molecular weight is 679 g/mol. The van der Waals surface area contributed by atoms with Crippen LogP contribution in [0.25, 0.3) is 0 Å². The van der Waals surface area contributed by atoms with Crippen LogP contribution in [0, 0.1) is 0 Å². The van der Waals surface area contributed by atoms with Crippen LogP contribution in [0.4, 0.5) is 0 Å². The van der Waals surface area contributed by atoms with Gasteiger partial charge in [-0.1, -0.05) is 166 Å². The van der Waals surface area contributed by atoms with E-state index < -0.39 is 0 Å². The van der Waals surface area contributed by atoms with Gasteiger partial charge in [0, 0.05) is 5.56 Å². The summed E-state index contributed by atoms with van der Waals surface area (Å²) in [6.45, 7) is 7.88. The van der Waals surface area contributed by atoms with Gasteiger partial charge in [-0.15, -0.1) is 17.0 Å². The molecule has 0 unspecified atom stereocenters. The van der Waals surface area contributed by atoms with Crippen molar-refractivity contribution in [2.24, 2.45) is 5.73 Å². The first-order valence-electron chi connectivity index (χ1n) is 16.6. The summed E-state index contributed by atoms with van der Waals surface area (Å²) in [4.78, 5) is 0. The van der Waals surface area contributed by atoms with Gasteiger partial charge in [0.15, 0.2) is 0 Å². The maximum Gasteiger partial charge on any atom is 0.104 e. The Kier molecular flexibility index (Phi) is 38.3. The van der Waals surface area contributed by atoms with E-state index in [9.17, 15) is 0 Å². The predicted octanol–water partition coefficient (Wildman–Crippen LogP) is 8.41. The summed E-state index contributed by atoms with van der Waals surface area (Å²) in [5.41, 5.74) is 6.85. The van der Waals surface area contributed by atoms with E-state index in [0.29, 0.717) is 0 Å². The lowest BCUT2D eigenvalue weighted by atomic mass is 10.0. The van der Waals surface area contributed by atoms with Crippen LogP contribution in [-0.4, -0.2) is 31.7 Å². The van der Waals surface area contributed by atoms with Gasteiger partial charge in [-0.05, 0) is 25.8 Å². The highest BCUT2D eigenvalue weighted by atomic mass is 79.9. The van der Waals surface area contributed by atoms with E-state index in [4.69, 9.17) is 5.73 Å². The van der Waals surface area contributed by atoms with Crippen molar-refractivity contribution >= 4 is 17.0 Å². The van der Waals surface area contributed by atoms with E-state index >= 15 is 0 Å². The fourth-order valence-electron chi connectivity index (χ4n) is 5.17. The summed E-state index contributed by atoms with van der Waals surface area (Å²) in [6, 6.07) is 10.9. The Morgan fingerprint density at radius 3 is 1.21 bits per heavy atom. The molecule has 0 aliphatic rings. The molecule has 0 fully saturated rings. The molecule has 1 aromatic rings. The van der Waals surface area contributed by atoms with Crippen molar-refractivity contribution in [2.75, 3.05) is 27.2 Å². The van der Waals surface area contributed by atoms with Crippen molar-refractivity contribution in [2.45, 2.75) is 162 Å². The number of benzene rings is 1. The molecule has 0 heterocycles. The maximum atomic E-state index is 5.39. The molecule has 0 atom stereocenters. The van der Waals surface area contributed by atoms with Crippen molar-refractivity contribution in [1.29, 1.82) is 0 Å². The van der Waals surface area contributed by atoms with Crippen molar-refractivity contribution < 1.29 is 21.5 Å². The number of halogens is 2. The van der Waals surface area contributed by atoms with Crippen LogP contribution in [0.2, 0.25) is 0 Å². The Morgan fingerprint density at radius 1 is 0.513 bits per heavy atom. The number of quaternary nitrogens is 1. The number of hydrogen-bond donors (Lipinski definition) is 1. The van der Waals surface area contributed by atoms with E-state index in [1.165, 1.54) is 153 Å². The van der Waals surface area contributed by atoms with Crippen molar-refractivity contribution in [3.8, 4) is 0 Å². The molecular formula is C35H70Br2N2. The second-order valence-electron chi connectivity index (χ2n) is 12.2.